The molecular weight excluding hydrogens is 390 g/mol. The van der Waals surface area contributed by atoms with E-state index in [4.69, 9.17) is 16.0 Å². The highest BCUT2D eigenvalue weighted by Gasteiger charge is 2.33. The third-order valence-corrected chi connectivity index (χ3v) is 5.51. The summed E-state index contributed by atoms with van der Waals surface area (Å²) in [5, 5.41) is 10.3. The third kappa shape index (κ3) is 3.58. The van der Waals surface area contributed by atoms with Gasteiger partial charge in [0.05, 0.1) is 6.04 Å². The topological polar surface area (TPSA) is 83.4 Å². The summed E-state index contributed by atoms with van der Waals surface area (Å²) >= 11 is 6.24. The average Bonchev–Trinajstić information content (AvgIpc) is 3.28. The molecule has 0 aliphatic carbocycles. The summed E-state index contributed by atoms with van der Waals surface area (Å²) in [6, 6.07) is 7.21. The predicted molar refractivity (Wildman–Crippen MR) is 116 cm³/mol. The first kappa shape index (κ1) is 19.7. The van der Waals surface area contributed by atoms with Gasteiger partial charge in [0.2, 0.25) is 0 Å². The maximum absolute atomic E-state index is 12.4. The molecule has 6 nitrogen and oxygen atoms in total. The predicted octanol–water partition coefficient (Wildman–Crippen LogP) is 4.38. The van der Waals surface area contributed by atoms with Crippen LogP contribution in [0.5, 0.6) is 0 Å². The van der Waals surface area contributed by atoms with Gasteiger partial charge in [-0.15, -0.1) is 0 Å². The fourth-order valence-electron chi connectivity index (χ4n) is 3.74. The van der Waals surface area contributed by atoms with E-state index in [0.717, 1.165) is 34.9 Å². The first-order valence-corrected chi connectivity index (χ1v) is 9.98. The van der Waals surface area contributed by atoms with Crippen molar-refractivity contribution in [2.45, 2.75) is 46.8 Å². The zero-order chi connectivity index (χ0) is 20.9. The number of hydrogen-bond donors (Lipinski definition) is 3. The Balaban J connectivity index is 1.69. The Hall–Kier alpha value is -2.57. The molecule has 0 spiro atoms. The van der Waals surface area contributed by atoms with Gasteiger partial charge >= 0.3 is 0 Å². The van der Waals surface area contributed by atoms with Crippen molar-refractivity contribution in [3.8, 4) is 0 Å². The summed E-state index contributed by atoms with van der Waals surface area (Å²) in [4.78, 5) is 24.7. The molecule has 7 heteroatoms. The number of hydrogen-bond acceptors (Lipinski definition) is 6. The Labute approximate surface area is 174 Å². The van der Waals surface area contributed by atoms with Crippen LogP contribution >= 0.6 is 11.6 Å². The lowest BCUT2D eigenvalue weighted by Gasteiger charge is -2.31. The van der Waals surface area contributed by atoms with Crippen molar-refractivity contribution in [2.75, 3.05) is 10.6 Å². The Morgan fingerprint density at radius 1 is 1.10 bits per heavy atom. The molecule has 0 fully saturated rings. The van der Waals surface area contributed by atoms with Crippen LogP contribution in [0.3, 0.4) is 0 Å². The molecule has 1 aliphatic rings. The lowest BCUT2D eigenvalue weighted by atomic mass is 9.85. The summed E-state index contributed by atoms with van der Waals surface area (Å²) in [6.45, 7) is 9.44. The number of halogens is 1. The van der Waals surface area contributed by atoms with Crippen molar-refractivity contribution in [3.63, 3.8) is 0 Å². The second kappa shape index (κ2) is 7.04. The Bertz CT molecular complexity index is 1150. The molecule has 4 rings (SSSR count). The summed E-state index contributed by atoms with van der Waals surface area (Å²) < 4.78 is 5.81. The minimum absolute atomic E-state index is 0.247. The SMILES string of the molecule is Cc1ccc([C@H](Nc2c(Nc3cc(Cl)cc4c3CNC4)c(=O)c2=O)C(C)(C)C)o1. The highest BCUT2D eigenvalue weighted by atomic mass is 35.5. The molecule has 3 N–H and O–H groups in total. The van der Waals surface area contributed by atoms with E-state index < -0.39 is 10.9 Å². The van der Waals surface area contributed by atoms with E-state index in [0.29, 0.717) is 11.6 Å². The fourth-order valence-corrected chi connectivity index (χ4v) is 3.98. The smallest absolute Gasteiger partial charge is 0.253 e. The van der Waals surface area contributed by atoms with Gasteiger partial charge < -0.3 is 20.4 Å². The molecule has 1 atom stereocenters. The number of anilines is 3. The molecule has 1 aromatic heterocycles. The molecule has 1 aliphatic heterocycles. The van der Waals surface area contributed by atoms with E-state index >= 15 is 0 Å². The Morgan fingerprint density at radius 3 is 2.48 bits per heavy atom. The number of rotatable bonds is 5. The van der Waals surface area contributed by atoms with Gasteiger partial charge in [-0.25, -0.2) is 0 Å². The van der Waals surface area contributed by atoms with Crippen molar-refractivity contribution in [1.82, 2.24) is 5.32 Å². The van der Waals surface area contributed by atoms with Crippen LogP contribution in [-0.4, -0.2) is 0 Å². The van der Waals surface area contributed by atoms with E-state index in [2.05, 4.69) is 36.7 Å². The third-order valence-electron chi connectivity index (χ3n) is 5.29. The van der Waals surface area contributed by atoms with Gasteiger partial charge in [-0.3, -0.25) is 9.59 Å². The van der Waals surface area contributed by atoms with Gasteiger partial charge in [-0.05, 0) is 47.7 Å². The minimum atomic E-state index is -0.532. The van der Waals surface area contributed by atoms with Gasteiger partial charge in [0.25, 0.3) is 10.9 Å². The summed E-state index contributed by atoms with van der Waals surface area (Å²) in [5.74, 6) is 1.52. The molecule has 0 radical (unpaired) electrons. The van der Waals surface area contributed by atoms with E-state index in [-0.39, 0.29) is 22.8 Å². The maximum Gasteiger partial charge on any atom is 0.253 e. The van der Waals surface area contributed by atoms with Crippen molar-refractivity contribution in [3.05, 3.63) is 72.4 Å². The van der Waals surface area contributed by atoms with E-state index in [1.807, 2.05) is 25.1 Å². The number of furan rings is 1. The van der Waals surface area contributed by atoms with Crippen LogP contribution in [0.2, 0.25) is 5.02 Å². The van der Waals surface area contributed by atoms with Gasteiger partial charge in [0.1, 0.15) is 22.9 Å². The lowest BCUT2D eigenvalue weighted by Crippen LogP contribution is -2.39. The molecule has 2 aromatic carbocycles. The molecule has 29 heavy (non-hydrogen) atoms. The molecular formula is C22H24ClN3O3. The second-order valence-electron chi connectivity index (χ2n) is 8.62. The van der Waals surface area contributed by atoms with Gasteiger partial charge in [0, 0.05) is 23.8 Å². The number of nitrogens with one attached hydrogen (secondary N) is 3. The van der Waals surface area contributed by atoms with E-state index in [9.17, 15) is 9.59 Å². The zero-order valence-electron chi connectivity index (χ0n) is 16.9. The Kier molecular flexibility index (Phi) is 4.79. The number of aryl methyl sites for hydroxylation is 1. The molecule has 3 aromatic rings. The fraction of sp³-hybridized carbons (Fsp3) is 0.364. The minimum Gasteiger partial charge on any atom is -0.464 e. The summed E-state index contributed by atoms with van der Waals surface area (Å²) in [5.41, 5.74) is 2.13. The van der Waals surface area contributed by atoms with Crippen LogP contribution in [0.15, 0.2) is 38.3 Å². The first-order valence-electron chi connectivity index (χ1n) is 9.60. The molecule has 0 amide bonds. The van der Waals surface area contributed by atoms with E-state index in [1.54, 1.807) is 6.07 Å². The molecule has 0 bridgehead atoms. The number of fused-ring (bicyclic) bond motifs is 1. The second-order valence-corrected chi connectivity index (χ2v) is 9.06. The van der Waals surface area contributed by atoms with Crippen LogP contribution in [0.25, 0.3) is 0 Å². The first-order chi connectivity index (χ1) is 13.6. The van der Waals surface area contributed by atoms with Crippen LogP contribution in [-0.2, 0) is 13.1 Å². The average molecular weight is 414 g/mol. The monoisotopic (exact) mass is 413 g/mol. The van der Waals surface area contributed by atoms with Crippen molar-refractivity contribution >= 4 is 28.7 Å². The normalized spacial score (nSPS) is 14.8. The summed E-state index contributed by atoms with van der Waals surface area (Å²) in [6.07, 6.45) is 0. The van der Waals surface area contributed by atoms with Crippen molar-refractivity contribution in [2.24, 2.45) is 5.41 Å². The summed E-state index contributed by atoms with van der Waals surface area (Å²) in [7, 11) is 0. The number of benzene rings is 1. The largest absolute Gasteiger partial charge is 0.464 e. The zero-order valence-corrected chi connectivity index (χ0v) is 17.7. The lowest BCUT2D eigenvalue weighted by molar-refractivity contribution is 0.300. The van der Waals surface area contributed by atoms with Crippen LogP contribution in [0.1, 0.15) is 49.5 Å². The van der Waals surface area contributed by atoms with Crippen LogP contribution in [0.4, 0.5) is 17.1 Å². The quantitative estimate of drug-likeness (QED) is 0.538. The molecule has 0 saturated carbocycles. The van der Waals surface area contributed by atoms with Crippen molar-refractivity contribution in [1.29, 1.82) is 0 Å². The van der Waals surface area contributed by atoms with Crippen LogP contribution in [0, 0.1) is 12.3 Å². The Morgan fingerprint density at radius 2 is 1.83 bits per heavy atom. The molecule has 0 unspecified atom stereocenters. The van der Waals surface area contributed by atoms with Gasteiger partial charge in [-0.1, -0.05) is 32.4 Å². The van der Waals surface area contributed by atoms with E-state index in [1.165, 1.54) is 0 Å². The van der Waals surface area contributed by atoms with Crippen LogP contribution < -0.4 is 26.8 Å². The highest BCUT2D eigenvalue weighted by Crippen LogP contribution is 2.38. The van der Waals surface area contributed by atoms with Crippen molar-refractivity contribution < 1.29 is 4.42 Å². The maximum atomic E-state index is 12.4. The highest BCUT2D eigenvalue weighted by molar-refractivity contribution is 6.31. The van der Waals surface area contributed by atoms with Gasteiger partial charge in [0.15, 0.2) is 0 Å². The standard InChI is InChI=1S/C22H24ClN3O3/c1-11-5-6-16(29-11)21(22(2,3)4)26-18-17(19(27)20(18)28)25-15-8-13(23)7-12-9-24-10-14(12)15/h5-8,21,24-26H,9-10H2,1-4H3/t21-/m0/s1. The molecule has 152 valence electrons. The molecule has 2 heterocycles. The molecule has 0 saturated heterocycles. The van der Waals surface area contributed by atoms with Gasteiger partial charge in [-0.2, -0.15) is 0 Å².